The maximum Gasteiger partial charge on any atom is 0.252 e. The Hall–Kier alpha value is -2.48. The van der Waals surface area contributed by atoms with Gasteiger partial charge < -0.3 is 9.72 Å². The van der Waals surface area contributed by atoms with Crippen LogP contribution in [-0.4, -0.2) is 37.0 Å². The molecular weight excluding hydrogens is 436 g/mol. The lowest BCUT2D eigenvalue weighted by atomic mass is 10.0. The van der Waals surface area contributed by atoms with Crippen LogP contribution >= 0.6 is 0 Å². The molecule has 1 unspecified atom stereocenters. The van der Waals surface area contributed by atoms with E-state index in [2.05, 4.69) is 11.1 Å². The van der Waals surface area contributed by atoms with Crippen LogP contribution in [0.5, 0.6) is 0 Å². The highest BCUT2D eigenvalue weighted by Crippen LogP contribution is 2.28. The largest absolute Gasteiger partial charge is 0.377 e. The van der Waals surface area contributed by atoms with Gasteiger partial charge in [0, 0.05) is 36.2 Å². The molecule has 0 bridgehead atoms. The van der Waals surface area contributed by atoms with Crippen molar-refractivity contribution in [3.05, 3.63) is 74.1 Å². The number of aromatic nitrogens is 1. The number of nitrogens with zero attached hydrogens (tertiary/aromatic N) is 1. The molecular formula is C26H32N2O4S. The Morgan fingerprint density at radius 2 is 1.61 bits per heavy atom. The fourth-order valence-electron chi connectivity index (χ4n) is 4.99. The molecule has 3 aromatic rings. The zero-order chi connectivity index (χ0) is 23.9. The van der Waals surface area contributed by atoms with Crippen molar-refractivity contribution in [1.29, 1.82) is 0 Å². The Kier molecular flexibility index (Phi) is 6.49. The summed E-state index contributed by atoms with van der Waals surface area (Å²) in [7, 11) is -3.85. The molecule has 1 N–H and O–H groups in total. The van der Waals surface area contributed by atoms with Crippen LogP contribution in [0.2, 0.25) is 0 Å². The lowest BCUT2D eigenvalue weighted by Gasteiger charge is -2.26. The summed E-state index contributed by atoms with van der Waals surface area (Å²) in [6, 6.07) is 9.60. The van der Waals surface area contributed by atoms with Gasteiger partial charge in [-0.05, 0) is 81.8 Å². The van der Waals surface area contributed by atoms with Gasteiger partial charge in [0.15, 0.2) is 0 Å². The SMILES string of the molecule is Cc1cc(C)c(S(=O)(=O)N(Cc2cc3c(C)cc(C)cc3[nH]c2=O)CC2CCCO2)c(C)c1. The third kappa shape index (κ3) is 4.76. The van der Waals surface area contributed by atoms with Gasteiger partial charge in [0.25, 0.3) is 5.56 Å². The second-order valence-electron chi connectivity index (χ2n) is 9.33. The van der Waals surface area contributed by atoms with Gasteiger partial charge in [0.05, 0.1) is 11.0 Å². The highest BCUT2D eigenvalue weighted by atomic mass is 32.2. The van der Waals surface area contributed by atoms with Crippen LogP contribution in [-0.2, 0) is 21.3 Å². The number of nitrogens with one attached hydrogen (secondary N) is 1. The zero-order valence-electron chi connectivity index (χ0n) is 20.0. The van der Waals surface area contributed by atoms with E-state index in [-0.39, 0.29) is 24.8 Å². The van der Waals surface area contributed by atoms with E-state index in [1.165, 1.54) is 4.31 Å². The number of aromatic amines is 1. The normalized spacial score (nSPS) is 16.7. The van der Waals surface area contributed by atoms with E-state index in [1.54, 1.807) is 0 Å². The first-order chi connectivity index (χ1) is 15.6. The number of H-pyrrole nitrogens is 1. The molecule has 0 aliphatic carbocycles. The fourth-order valence-corrected chi connectivity index (χ4v) is 6.85. The van der Waals surface area contributed by atoms with Crippen molar-refractivity contribution >= 4 is 20.9 Å². The Morgan fingerprint density at radius 1 is 0.970 bits per heavy atom. The Labute approximate surface area is 195 Å². The molecule has 33 heavy (non-hydrogen) atoms. The summed E-state index contributed by atoms with van der Waals surface area (Å²) in [6.45, 7) is 10.4. The lowest BCUT2D eigenvalue weighted by molar-refractivity contribution is 0.0925. The number of fused-ring (bicyclic) bond motifs is 1. The molecule has 1 aliphatic heterocycles. The van der Waals surface area contributed by atoms with Crippen LogP contribution in [0.15, 0.2) is 40.0 Å². The van der Waals surface area contributed by atoms with Crippen LogP contribution in [0.25, 0.3) is 10.9 Å². The van der Waals surface area contributed by atoms with Crippen molar-refractivity contribution in [2.45, 2.75) is 65.0 Å². The quantitative estimate of drug-likeness (QED) is 0.580. The van der Waals surface area contributed by atoms with Gasteiger partial charge in [-0.3, -0.25) is 4.79 Å². The maximum atomic E-state index is 13.9. The molecule has 176 valence electrons. The summed E-state index contributed by atoms with van der Waals surface area (Å²) in [6.07, 6.45) is 1.55. The predicted molar refractivity (Wildman–Crippen MR) is 131 cm³/mol. The summed E-state index contributed by atoms with van der Waals surface area (Å²) in [4.78, 5) is 16.2. The molecule has 0 saturated carbocycles. The number of hydrogen-bond donors (Lipinski definition) is 1. The van der Waals surface area contributed by atoms with Crippen LogP contribution in [0.1, 0.15) is 46.2 Å². The molecule has 4 rings (SSSR count). The molecule has 1 saturated heterocycles. The molecule has 1 fully saturated rings. The second-order valence-corrected chi connectivity index (χ2v) is 11.2. The van der Waals surface area contributed by atoms with E-state index < -0.39 is 10.0 Å². The van der Waals surface area contributed by atoms with E-state index in [4.69, 9.17) is 4.74 Å². The summed E-state index contributed by atoms with van der Waals surface area (Å²) in [5.74, 6) is 0. The van der Waals surface area contributed by atoms with Gasteiger partial charge in [0.1, 0.15) is 0 Å². The lowest BCUT2D eigenvalue weighted by Crippen LogP contribution is -2.39. The number of aryl methyl sites for hydroxylation is 5. The van der Waals surface area contributed by atoms with Crippen LogP contribution in [0.4, 0.5) is 0 Å². The van der Waals surface area contributed by atoms with E-state index in [9.17, 15) is 13.2 Å². The standard InChI is InChI=1S/C26H32N2O4S/c1-16-10-19(4)25(20(5)11-16)33(30,31)28(15-22-7-6-8-32-22)14-21-13-23-18(3)9-17(2)12-24(23)27-26(21)29/h9-13,22H,6-8,14-15H2,1-5H3,(H,27,29). The van der Waals surface area contributed by atoms with Crippen LogP contribution < -0.4 is 5.56 Å². The van der Waals surface area contributed by atoms with Crippen LogP contribution in [0, 0.1) is 34.6 Å². The molecule has 0 radical (unpaired) electrons. The van der Waals surface area contributed by atoms with Crippen molar-refractivity contribution in [3.8, 4) is 0 Å². The van der Waals surface area contributed by atoms with Crippen molar-refractivity contribution in [2.24, 2.45) is 0 Å². The van der Waals surface area contributed by atoms with Gasteiger partial charge in [-0.25, -0.2) is 8.42 Å². The van der Waals surface area contributed by atoms with Gasteiger partial charge in [0.2, 0.25) is 10.0 Å². The van der Waals surface area contributed by atoms with Gasteiger partial charge in [-0.2, -0.15) is 4.31 Å². The summed E-state index contributed by atoms with van der Waals surface area (Å²) >= 11 is 0. The number of benzene rings is 2. The highest BCUT2D eigenvalue weighted by Gasteiger charge is 2.32. The topological polar surface area (TPSA) is 79.5 Å². The molecule has 0 spiro atoms. The minimum Gasteiger partial charge on any atom is -0.377 e. The highest BCUT2D eigenvalue weighted by molar-refractivity contribution is 7.89. The van der Waals surface area contributed by atoms with Crippen LogP contribution in [0.3, 0.4) is 0 Å². The summed E-state index contributed by atoms with van der Waals surface area (Å²) in [5, 5.41) is 0.923. The van der Waals surface area contributed by atoms with E-state index in [0.29, 0.717) is 28.2 Å². The first-order valence-electron chi connectivity index (χ1n) is 11.4. The van der Waals surface area contributed by atoms with E-state index >= 15 is 0 Å². The summed E-state index contributed by atoms with van der Waals surface area (Å²) < 4.78 is 35.0. The van der Waals surface area contributed by atoms with E-state index in [1.807, 2.05) is 58.9 Å². The maximum absolute atomic E-state index is 13.9. The van der Waals surface area contributed by atoms with E-state index in [0.717, 1.165) is 40.4 Å². The van der Waals surface area contributed by atoms with Gasteiger partial charge >= 0.3 is 0 Å². The monoisotopic (exact) mass is 468 g/mol. The fraction of sp³-hybridized carbons (Fsp3) is 0.423. The molecule has 6 nitrogen and oxygen atoms in total. The van der Waals surface area contributed by atoms with Crippen molar-refractivity contribution in [2.75, 3.05) is 13.2 Å². The zero-order valence-corrected chi connectivity index (χ0v) is 20.8. The molecule has 1 aromatic heterocycles. The Balaban J connectivity index is 1.80. The molecule has 2 aromatic carbocycles. The minimum absolute atomic E-state index is 0.00641. The average molecular weight is 469 g/mol. The minimum atomic E-state index is -3.85. The number of pyridine rings is 1. The molecule has 7 heteroatoms. The Morgan fingerprint density at radius 3 is 2.24 bits per heavy atom. The molecule has 1 atom stereocenters. The predicted octanol–water partition coefficient (Wildman–Crippen LogP) is 4.44. The van der Waals surface area contributed by atoms with Crippen molar-refractivity contribution in [3.63, 3.8) is 0 Å². The first-order valence-corrected chi connectivity index (χ1v) is 12.8. The van der Waals surface area contributed by atoms with Crippen molar-refractivity contribution < 1.29 is 13.2 Å². The third-order valence-corrected chi connectivity index (χ3v) is 8.49. The molecule has 1 aliphatic rings. The number of hydrogen-bond acceptors (Lipinski definition) is 4. The molecule has 0 amide bonds. The molecule has 2 heterocycles. The first kappa shape index (κ1) is 23.7. The number of ether oxygens (including phenoxy) is 1. The van der Waals surface area contributed by atoms with Gasteiger partial charge in [-0.1, -0.05) is 23.8 Å². The van der Waals surface area contributed by atoms with Gasteiger partial charge in [-0.15, -0.1) is 0 Å². The number of rotatable bonds is 6. The second kappa shape index (κ2) is 9.05. The Bertz CT molecular complexity index is 1350. The van der Waals surface area contributed by atoms with Crippen molar-refractivity contribution in [1.82, 2.24) is 9.29 Å². The third-order valence-electron chi connectivity index (χ3n) is 6.37. The summed E-state index contributed by atoms with van der Waals surface area (Å²) in [5.41, 5.74) is 5.48. The number of sulfonamides is 1. The smallest absolute Gasteiger partial charge is 0.252 e. The average Bonchev–Trinajstić information content (AvgIpc) is 3.20.